The Morgan fingerprint density at radius 1 is 1.40 bits per heavy atom. The molecule has 1 aromatic carbocycles. The Morgan fingerprint density at radius 3 is 2.55 bits per heavy atom. The van der Waals surface area contributed by atoms with Crippen LogP contribution in [0.5, 0.6) is 0 Å². The normalized spacial score (nSPS) is 18.9. The van der Waals surface area contributed by atoms with Crippen LogP contribution < -0.4 is 0 Å². The number of hydrogen-bond acceptors (Lipinski definition) is 2. The van der Waals surface area contributed by atoms with E-state index in [1.165, 1.54) is 31.4 Å². The Bertz CT molecular complexity index is 493. The van der Waals surface area contributed by atoms with Crippen molar-refractivity contribution in [1.82, 2.24) is 4.90 Å². The molecule has 0 atom stereocenters. The van der Waals surface area contributed by atoms with Crippen molar-refractivity contribution >= 4 is 5.97 Å². The number of hydrogen-bond donors (Lipinski definition) is 1. The summed E-state index contributed by atoms with van der Waals surface area (Å²) in [6.07, 6.45) is 3.53. The quantitative estimate of drug-likeness (QED) is 0.916. The largest absolute Gasteiger partial charge is 0.478 e. The van der Waals surface area contributed by atoms with E-state index in [4.69, 9.17) is 5.11 Å². The number of aromatic carboxylic acids is 1. The van der Waals surface area contributed by atoms with Gasteiger partial charge < -0.3 is 5.11 Å². The number of carbonyl (C=O) groups is 1. The van der Waals surface area contributed by atoms with E-state index in [1.807, 2.05) is 0 Å². The second-order valence-corrected chi connectivity index (χ2v) is 6.06. The van der Waals surface area contributed by atoms with Gasteiger partial charge in [-0.2, -0.15) is 0 Å². The van der Waals surface area contributed by atoms with Gasteiger partial charge >= 0.3 is 5.97 Å². The highest BCUT2D eigenvalue weighted by Crippen LogP contribution is 2.34. The van der Waals surface area contributed by atoms with Gasteiger partial charge in [-0.1, -0.05) is 26.3 Å². The van der Waals surface area contributed by atoms with E-state index < -0.39 is 11.8 Å². The molecule has 0 amide bonds. The first kappa shape index (κ1) is 15.0. The molecule has 3 nitrogen and oxygen atoms in total. The van der Waals surface area contributed by atoms with Crippen molar-refractivity contribution in [2.24, 2.45) is 5.41 Å². The molecule has 20 heavy (non-hydrogen) atoms. The van der Waals surface area contributed by atoms with Crippen LogP contribution in [0.25, 0.3) is 0 Å². The van der Waals surface area contributed by atoms with E-state index in [2.05, 4.69) is 18.7 Å². The molecular weight excluding hydrogens is 257 g/mol. The maximum atomic E-state index is 13.6. The molecule has 1 aliphatic rings. The number of piperidine rings is 1. The van der Waals surface area contributed by atoms with Crippen molar-refractivity contribution in [3.05, 3.63) is 35.1 Å². The zero-order valence-corrected chi connectivity index (χ0v) is 12.2. The monoisotopic (exact) mass is 279 g/mol. The molecular formula is C16H22FNO2. The van der Waals surface area contributed by atoms with E-state index in [9.17, 15) is 9.18 Å². The minimum atomic E-state index is -1.22. The van der Waals surface area contributed by atoms with Gasteiger partial charge in [0.15, 0.2) is 0 Å². The van der Waals surface area contributed by atoms with Gasteiger partial charge in [0.2, 0.25) is 0 Å². The molecule has 2 rings (SSSR count). The Morgan fingerprint density at radius 2 is 2.05 bits per heavy atom. The SMILES string of the molecule is CCC1(C)CCN(Cc2ccc(C(=O)O)c(F)c2)CC1. The fourth-order valence-electron chi connectivity index (χ4n) is 2.69. The van der Waals surface area contributed by atoms with Crippen molar-refractivity contribution in [2.45, 2.75) is 39.7 Å². The minimum absolute atomic E-state index is 0.258. The van der Waals surface area contributed by atoms with Crippen LogP contribution in [0.2, 0.25) is 0 Å². The number of likely N-dealkylation sites (tertiary alicyclic amines) is 1. The Hall–Kier alpha value is -1.42. The van der Waals surface area contributed by atoms with Gasteiger partial charge in [-0.05, 0) is 49.0 Å². The minimum Gasteiger partial charge on any atom is -0.478 e. The average molecular weight is 279 g/mol. The molecule has 4 heteroatoms. The number of carboxylic acids is 1. The summed E-state index contributed by atoms with van der Waals surface area (Å²) in [6, 6.07) is 4.41. The van der Waals surface area contributed by atoms with E-state index in [1.54, 1.807) is 6.07 Å². The van der Waals surface area contributed by atoms with E-state index in [0.717, 1.165) is 18.7 Å². The molecule has 0 radical (unpaired) electrons. The standard InChI is InChI=1S/C16H22FNO2/c1-3-16(2)6-8-18(9-7-16)11-12-4-5-13(15(19)20)14(17)10-12/h4-5,10H,3,6-9,11H2,1-2H3,(H,19,20). The van der Waals surface area contributed by atoms with Gasteiger partial charge in [0, 0.05) is 6.54 Å². The van der Waals surface area contributed by atoms with Crippen LogP contribution in [0.4, 0.5) is 4.39 Å². The lowest BCUT2D eigenvalue weighted by Crippen LogP contribution is -2.37. The number of nitrogens with zero attached hydrogens (tertiary/aromatic N) is 1. The van der Waals surface area contributed by atoms with Crippen LogP contribution in [0.15, 0.2) is 18.2 Å². The lowest BCUT2D eigenvalue weighted by Gasteiger charge is -2.39. The topological polar surface area (TPSA) is 40.5 Å². The number of carboxylic acid groups (broad SMARTS) is 1. The van der Waals surface area contributed by atoms with Crippen LogP contribution in [-0.2, 0) is 6.54 Å². The number of benzene rings is 1. The molecule has 0 aliphatic carbocycles. The number of halogens is 1. The van der Waals surface area contributed by atoms with Crippen molar-refractivity contribution in [1.29, 1.82) is 0 Å². The summed E-state index contributed by atoms with van der Waals surface area (Å²) in [6.45, 7) is 7.29. The Balaban J connectivity index is 1.98. The van der Waals surface area contributed by atoms with Gasteiger partial charge in [0.05, 0.1) is 5.56 Å². The second kappa shape index (κ2) is 5.92. The predicted molar refractivity (Wildman–Crippen MR) is 76.3 cm³/mol. The number of rotatable bonds is 4. The van der Waals surface area contributed by atoms with Crippen molar-refractivity contribution in [3.8, 4) is 0 Å². The first-order chi connectivity index (χ1) is 9.43. The maximum Gasteiger partial charge on any atom is 0.338 e. The van der Waals surface area contributed by atoms with E-state index in [-0.39, 0.29) is 5.56 Å². The van der Waals surface area contributed by atoms with Crippen LogP contribution in [0.3, 0.4) is 0 Å². The van der Waals surface area contributed by atoms with Gasteiger partial charge in [-0.3, -0.25) is 4.90 Å². The lowest BCUT2D eigenvalue weighted by molar-refractivity contribution is 0.0691. The highest BCUT2D eigenvalue weighted by Gasteiger charge is 2.28. The van der Waals surface area contributed by atoms with Gasteiger partial charge in [0.25, 0.3) is 0 Å². The van der Waals surface area contributed by atoms with Crippen LogP contribution in [-0.4, -0.2) is 29.1 Å². The summed E-state index contributed by atoms with van der Waals surface area (Å²) in [4.78, 5) is 13.1. The molecule has 0 aromatic heterocycles. The van der Waals surface area contributed by atoms with Crippen molar-refractivity contribution < 1.29 is 14.3 Å². The zero-order chi connectivity index (χ0) is 14.8. The molecule has 0 spiro atoms. The summed E-state index contributed by atoms with van der Waals surface area (Å²) in [5.41, 5.74) is 1.02. The zero-order valence-electron chi connectivity index (χ0n) is 12.2. The summed E-state index contributed by atoms with van der Waals surface area (Å²) in [5, 5.41) is 8.81. The van der Waals surface area contributed by atoms with E-state index >= 15 is 0 Å². The van der Waals surface area contributed by atoms with Crippen molar-refractivity contribution in [3.63, 3.8) is 0 Å². The van der Waals surface area contributed by atoms with Crippen molar-refractivity contribution in [2.75, 3.05) is 13.1 Å². The van der Waals surface area contributed by atoms with Crippen LogP contribution >= 0.6 is 0 Å². The highest BCUT2D eigenvalue weighted by molar-refractivity contribution is 5.87. The third-order valence-corrected chi connectivity index (χ3v) is 4.59. The van der Waals surface area contributed by atoms with Crippen LogP contribution in [0.1, 0.15) is 49.0 Å². The third-order valence-electron chi connectivity index (χ3n) is 4.59. The molecule has 0 saturated carbocycles. The molecule has 110 valence electrons. The fourth-order valence-corrected chi connectivity index (χ4v) is 2.69. The fraction of sp³-hybridized carbons (Fsp3) is 0.562. The molecule has 1 N–H and O–H groups in total. The first-order valence-corrected chi connectivity index (χ1v) is 7.17. The summed E-state index contributed by atoms with van der Waals surface area (Å²) in [7, 11) is 0. The van der Waals surface area contributed by atoms with Gasteiger partial charge in [0.1, 0.15) is 5.82 Å². The molecule has 0 unspecified atom stereocenters. The smallest absolute Gasteiger partial charge is 0.338 e. The molecule has 1 aliphatic heterocycles. The lowest BCUT2D eigenvalue weighted by atomic mass is 9.78. The first-order valence-electron chi connectivity index (χ1n) is 7.17. The van der Waals surface area contributed by atoms with E-state index in [0.29, 0.717) is 12.0 Å². The van der Waals surface area contributed by atoms with Gasteiger partial charge in [-0.25, -0.2) is 9.18 Å². The molecule has 1 heterocycles. The second-order valence-electron chi connectivity index (χ2n) is 6.06. The van der Waals surface area contributed by atoms with Crippen LogP contribution in [0, 0.1) is 11.2 Å². The highest BCUT2D eigenvalue weighted by atomic mass is 19.1. The summed E-state index contributed by atoms with van der Waals surface area (Å²) < 4.78 is 13.6. The van der Waals surface area contributed by atoms with Gasteiger partial charge in [-0.15, -0.1) is 0 Å². The summed E-state index contributed by atoms with van der Waals surface area (Å²) in [5.74, 6) is -1.86. The molecule has 1 saturated heterocycles. The molecule has 1 aromatic rings. The third kappa shape index (κ3) is 3.37. The Labute approximate surface area is 119 Å². The maximum absolute atomic E-state index is 13.6. The predicted octanol–water partition coefficient (Wildman–Crippen LogP) is 3.54. The average Bonchev–Trinajstić information content (AvgIpc) is 2.41. The molecule has 1 fully saturated rings. The molecule has 0 bridgehead atoms. The Kier molecular flexibility index (Phi) is 4.43. The summed E-state index contributed by atoms with van der Waals surface area (Å²) >= 11 is 0.